The highest BCUT2D eigenvalue weighted by molar-refractivity contribution is 5.67. The van der Waals surface area contributed by atoms with Gasteiger partial charge in [0.05, 0.1) is 18.5 Å². The summed E-state index contributed by atoms with van der Waals surface area (Å²) in [4.78, 5) is 8.89. The Kier molecular flexibility index (Phi) is 4.96. The first kappa shape index (κ1) is 17.0. The number of ether oxygens (including phenoxy) is 1. The lowest BCUT2D eigenvalue weighted by molar-refractivity contribution is 0.340. The predicted molar refractivity (Wildman–Crippen MR) is 106 cm³/mol. The summed E-state index contributed by atoms with van der Waals surface area (Å²) in [6.45, 7) is 3.40. The van der Waals surface area contributed by atoms with E-state index in [9.17, 15) is 0 Å². The van der Waals surface area contributed by atoms with Gasteiger partial charge in [-0.25, -0.2) is 4.98 Å². The maximum atomic E-state index is 5.62. The monoisotopic (exact) mass is 359 g/mol. The molecule has 0 amide bonds. The van der Waals surface area contributed by atoms with Crippen LogP contribution in [-0.4, -0.2) is 32.7 Å². The van der Waals surface area contributed by atoms with Gasteiger partial charge in [0.15, 0.2) is 5.65 Å². The van der Waals surface area contributed by atoms with E-state index in [0.29, 0.717) is 6.61 Å². The Bertz CT molecular complexity index is 1030. The molecule has 1 aromatic carbocycles. The van der Waals surface area contributed by atoms with E-state index in [2.05, 4.69) is 21.5 Å². The molecular weight excluding hydrogens is 338 g/mol. The molecule has 0 unspecified atom stereocenters. The summed E-state index contributed by atoms with van der Waals surface area (Å²) in [7, 11) is 0. The number of rotatable bonds is 7. The first-order valence-electron chi connectivity index (χ1n) is 9.04. The highest BCUT2D eigenvalue weighted by Gasteiger charge is 2.09. The molecule has 27 heavy (non-hydrogen) atoms. The molecule has 0 atom stereocenters. The maximum absolute atomic E-state index is 5.62. The van der Waals surface area contributed by atoms with Crippen LogP contribution >= 0.6 is 0 Å². The largest absolute Gasteiger partial charge is 0.494 e. The van der Waals surface area contributed by atoms with Gasteiger partial charge >= 0.3 is 0 Å². The Morgan fingerprint density at radius 3 is 2.89 bits per heavy atom. The number of nitrogens with zero attached hydrogens (tertiary/aromatic N) is 4. The Morgan fingerprint density at radius 2 is 2.04 bits per heavy atom. The predicted octanol–water partition coefficient (Wildman–Crippen LogP) is 3.84. The highest BCUT2D eigenvalue weighted by atomic mass is 16.5. The van der Waals surface area contributed by atoms with E-state index < -0.39 is 0 Å². The van der Waals surface area contributed by atoms with Crippen LogP contribution < -0.4 is 10.1 Å². The van der Waals surface area contributed by atoms with E-state index in [1.807, 2.05) is 60.1 Å². The van der Waals surface area contributed by atoms with E-state index in [1.165, 1.54) is 5.56 Å². The van der Waals surface area contributed by atoms with Crippen molar-refractivity contribution >= 4 is 11.5 Å². The molecule has 3 heterocycles. The van der Waals surface area contributed by atoms with Gasteiger partial charge in [-0.1, -0.05) is 18.2 Å². The van der Waals surface area contributed by atoms with Crippen molar-refractivity contribution in [1.29, 1.82) is 0 Å². The number of pyridine rings is 1. The second kappa shape index (κ2) is 7.86. The molecule has 0 radical (unpaired) electrons. The van der Waals surface area contributed by atoms with E-state index in [1.54, 1.807) is 12.4 Å². The van der Waals surface area contributed by atoms with Crippen LogP contribution in [0.5, 0.6) is 5.75 Å². The molecule has 0 spiro atoms. The van der Waals surface area contributed by atoms with Gasteiger partial charge in [0.25, 0.3) is 0 Å². The average molecular weight is 359 g/mol. The summed E-state index contributed by atoms with van der Waals surface area (Å²) < 4.78 is 7.44. The van der Waals surface area contributed by atoms with Crippen LogP contribution in [0.4, 0.5) is 5.82 Å². The molecule has 136 valence electrons. The fraction of sp³-hybridized carbons (Fsp3) is 0.190. The van der Waals surface area contributed by atoms with Gasteiger partial charge in [0.1, 0.15) is 11.6 Å². The molecular formula is C21H21N5O. The van der Waals surface area contributed by atoms with E-state index >= 15 is 0 Å². The summed E-state index contributed by atoms with van der Waals surface area (Å²) in [6, 6.07) is 16.0. The van der Waals surface area contributed by atoms with Crippen molar-refractivity contribution in [2.75, 3.05) is 18.5 Å². The normalized spacial score (nSPS) is 10.9. The van der Waals surface area contributed by atoms with E-state index in [-0.39, 0.29) is 0 Å². The Balaban J connectivity index is 1.60. The Hall–Kier alpha value is -3.41. The molecule has 0 fully saturated rings. The van der Waals surface area contributed by atoms with Crippen LogP contribution in [0.3, 0.4) is 0 Å². The number of anilines is 1. The summed E-state index contributed by atoms with van der Waals surface area (Å²) >= 11 is 0. The van der Waals surface area contributed by atoms with Gasteiger partial charge in [-0.05, 0) is 37.1 Å². The molecule has 0 aliphatic heterocycles. The SMILES string of the molecule is CCOc1cccc(-c2cc(NCCc3cccnc3)n3nccc3n2)c1. The van der Waals surface area contributed by atoms with Crippen molar-refractivity contribution < 1.29 is 4.74 Å². The van der Waals surface area contributed by atoms with Gasteiger partial charge in [-0.3, -0.25) is 4.98 Å². The van der Waals surface area contributed by atoms with Crippen LogP contribution in [0.25, 0.3) is 16.9 Å². The average Bonchev–Trinajstić information content (AvgIpc) is 3.18. The zero-order valence-corrected chi connectivity index (χ0v) is 15.2. The lowest BCUT2D eigenvalue weighted by atomic mass is 10.1. The Morgan fingerprint density at radius 1 is 1.07 bits per heavy atom. The van der Waals surface area contributed by atoms with Crippen LogP contribution in [0, 0.1) is 0 Å². The third kappa shape index (κ3) is 3.89. The molecule has 0 aliphatic rings. The summed E-state index contributed by atoms with van der Waals surface area (Å²) in [5.74, 6) is 1.75. The van der Waals surface area contributed by atoms with Gasteiger partial charge < -0.3 is 10.1 Å². The number of hydrogen-bond donors (Lipinski definition) is 1. The molecule has 0 bridgehead atoms. The molecule has 0 aliphatic carbocycles. The van der Waals surface area contributed by atoms with Crippen molar-refractivity contribution in [2.45, 2.75) is 13.3 Å². The van der Waals surface area contributed by atoms with Gasteiger partial charge in [0.2, 0.25) is 0 Å². The summed E-state index contributed by atoms with van der Waals surface area (Å²) in [5.41, 5.74) is 3.90. The van der Waals surface area contributed by atoms with Crippen molar-refractivity contribution in [1.82, 2.24) is 19.6 Å². The minimum atomic E-state index is 0.639. The third-order valence-electron chi connectivity index (χ3n) is 4.24. The van der Waals surface area contributed by atoms with Crippen LogP contribution in [-0.2, 0) is 6.42 Å². The van der Waals surface area contributed by atoms with Crippen LogP contribution in [0.15, 0.2) is 67.1 Å². The first-order valence-corrected chi connectivity index (χ1v) is 9.04. The number of nitrogens with one attached hydrogen (secondary N) is 1. The number of benzene rings is 1. The number of hydrogen-bond acceptors (Lipinski definition) is 5. The van der Waals surface area contributed by atoms with E-state index in [0.717, 1.165) is 41.4 Å². The van der Waals surface area contributed by atoms with Gasteiger partial charge in [-0.15, -0.1) is 0 Å². The van der Waals surface area contributed by atoms with E-state index in [4.69, 9.17) is 9.72 Å². The minimum absolute atomic E-state index is 0.639. The lowest BCUT2D eigenvalue weighted by Gasteiger charge is -2.11. The molecule has 3 aromatic heterocycles. The van der Waals surface area contributed by atoms with Crippen molar-refractivity contribution in [3.63, 3.8) is 0 Å². The molecule has 0 saturated heterocycles. The smallest absolute Gasteiger partial charge is 0.157 e. The van der Waals surface area contributed by atoms with Gasteiger partial charge in [-0.2, -0.15) is 9.61 Å². The second-order valence-electron chi connectivity index (χ2n) is 6.13. The molecule has 1 N–H and O–H groups in total. The van der Waals surface area contributed by atoms with Crippen molar-refractivity contribution in [3.8, 4) is 17.0 Å². The molecule has 4 aromatic rings. The fourth-order valence-corrected chi connectivity index (χ4v) is 2.98. The molecule has 6 nitrogen and oxygen atoms in total. The third-order valence-corrected chi connectivity index (χ3v) is 4.24. The minimum Gasteiger partial charge on any atom is -0.494 e. The molecule has 6 heteroatoms. The van der Waals surface area contributed by atoms with Crippen LogP contribution in [0.1, 0.15) is 12.5 Å². The Labute approximate surface area is 157 Å². The summed E-state index contributed by atoms with van der Waals surface area (Å²) in [6.07, 6.45) is 6.32. The summed E-state index contributed by atoms with van der Waals surface area (Å²) in [5, 5.41) is 7.85. The number of aromatic nitrogens is 4. The topological polar surface area (TPSA) is 64.3 Å². The maximum Gasteiger partial charge on any atom is 0.157 e. The molecule has 0 saturated carbocycles. The van der Waals surface area contributed by atoms with Crippen molar-refractivity contribution in [2.24, 2.45) is 0 Å². The quantitative estimate of drug-likeness (QED) is 0.543. The first-order chi connectivity index (χ1) is 13.3. The highest BCUT2D eigenvalue weighted by Crippen LogP contribution is 2.25. The zero-order chi connectivity index (χ0) is 18.5. The zero-order valence-electron chi connectivity index (χ0n) is 15.2. The fourth-order valence-electron chi connectivity index (χ4n) is 2.98. The molecule has 4 rings (SSSR count). The van der Waals surface area contributed by atoms with Crippen LogP contribution in [0.2, 0.25) is 0 Å². The standard InChI is InChI=1S/C21H21N5O/c1-2-27-18-7-3-6-17(13-18)19-14-21(26-20(25-19)9-12-24-26)23-11-8-16-5-4-10-22-15-16/h3-7,9-10,12-15,23H,2,8,11H2,1H3. The van der Waals surface area contributed by atoms with Crippen molar-refractivity contribution in [3.05, 3.63) is 72.7 Å². The number of fused-ring (bicyclic) bond motifs is 1. The lowest BCUT2D eigenvalue weighted by Crippen LogP contribution is -2.10. The van der Waals surface area contributed by atoms with Gasteiger partial charge in [0, 0.05) is 36.6 Å². The second-order valence-corrected chi connectivity index (χ2v) is 6.13.